The third-order valence-corrected chi connectivity index (χ3v) is 4.37. The van der Waals surface area contributed by atoms with Crippen LogP contribution in [0.4, 0.5) is 0 Å². The van der Waals surface area contributed by atoms with Crippen LogP contribution in [-0.4, -0.2) is 26.1 Å². The highest BCUT2D eigenvalue weighted by atomic mass is 79.9. The maximum absolute atomic E-state index is 12.2. The van der Waals surface area contributed by atoms with E-state index in [1.54, 1.807) is 32.4 Å². The quantitative estimate of drug-likeness (QED) is 0.571. The number of nitrogens with zero attached hydrogens (tertiary/aromatic N) is 1. The molecule has 0 radical (unpaired) electrons. The zero-order chi connectivity index (χ0) is 18.0. The number of aryl methyl sites for hydroxylation is 1. The van der Waals surface area contributed by atoms with E-state index in [0.717, 1.165) is 21.2 Å². The van der Waals surface area contributed by atoms with Gasteiger partial charge in [0.05, 0.1) is 14.2 Å². The van der Waals surface area contributed by atoms with E-state index in [1.807, 2.05) is 31.2 Å². The Labute approximate surface area is 154 Å². The summed E-state index contributed by atoms with van der Waals surface area (Å²) in [4.78, 5) is 16.5. The van der Waals surface area contributed by atoms with Gasteiger partial charge in [-0.2, -0.15) is 0 Å². The lowest BCUT2D eigenvalue weighted by atomic mass is 10.1. The summed E-state index contributed by atoms with van der Waals surface area (Å²) in [6, 6.07) is 11.2. The number of esters is 1. The molecule has 1 heterocycles. The number of cyclic esters (lactones) is 1. The van der Waals surface area contributed by atoms with Crippen LogP contribution in [0.3, 0.4) is 0 Å². The zero-order valence-electron chi connectivity index (χ0n) is 14.0. The third kappa shape index (κ3) is 3.58. The lowest BCUT2D eigenvalue weighted by Gasteiger charge is -2.09. The molecule has 0 bridgehead atoms. The number of benzene rings is 2. The summed E-state index contributed by atoms with van der Waals surface area (Å²) in [7, 11) is 3.12. The van der Waals surface area contributed by atoms with Crippen molar-refractivity contribution in [1.82, 2.24) is 0 Å². The van der Waals surface area contributed by atoms with Gasteiger partial charge in [-0.3, -0.25) is 0 Å². The molecule has 2 aromatic carbocycles. The van der Waals surface area contributed by atoms with Crippen molar-refractivity contribution in [2.75, 3.05) is 14.2 Å². The molecule has 0 N–H and O–H groups in total. The summed E-state index contributed by atoms with van der Waals surface area (Å²) in [6.45, 7) is 1.97. The van der Waals surface area contributed by atoms with Crippen molar-refractivity contribution in [3.8, 4) is 11.5 Å². The first-order valence-corrected chi connectivity index (χ1v) is 8.32. The predicted octanol–water partition coefficient (Wildman–Crippen LogP) is 4.12. The highest BCUT2D eigenvalue weighted by Crippen LogP contribution is 2.35. The van der Waals surface area contributed by atoms with E-state index < -0.39 is 5.97 Å². The van der Waals surface area contributed by atoms with Crippen LogP contribution in [-0.2, 0) is 9.53 Å². The Morgan fingerprint density at radius 3 is 2.52 bits per heavy atom. The van der Waals surface area contributed by atoms with Crippen molar-refractivity contribution < 1.29 is 19.0 Å². The number of carbonyl (C=O) groups is 1. The normalized spacial score (nSPS) is 15.1. The summed E-state index contributed by atoms with van der Waals surface area (Å²) in [5.41, 5.74) is 2.79. The maximum Gasteiger partial charge on any atom is 0.363 e. The summed E-state index contributed by atoms with van der Waals surface area (Å²) >= 11 is 3.47. The topological polar surface area (TPSA) is 57.1 Å². The van der Waals surface area contributed by atoms with Crippen LogP contribution >= 0.6 is 15.9 Å². The van der Waals surface area contributed by atoms with Crippen molar-refractivity contribution in [3.05, 3.63) is 63.3 Å². The minimum atomic E-state index is -0.488. The van der Waals surface area contributed by atoms with Gasteiger partial charge in [0.2, 0.25) is 5.90 Å². The summed E-state index contributed by atoms with van der Waals surface area (Å²) in [6.07, 6.45) is 1.65. The van der Waals surface area contributed by atoms with E-state index in [0.29, 0.717) is 17.4 Å². The molecule has 0 aromatic heterocycles. The average Bonchev–Trinajstić information content (AvgIpc) is 2.97. The second-order valence-corrected chi connectivity index (χ2v) is 6.29. The number of hydrogen-bond donors (Lipinski definition) is 0. The van der Waals surface area contributed by atoms with E-state index in [9.17, 15) is 4.79 Å². The van der Waals surface area contributed by atoms with E-state index in [2.05, 4.69) is 20.9 Å². The van der Waals surface area contributed by atoms with Crippen LogP contribution in [0.25, 0.3) is 6.08 Å². The Balaban J connectivity index is 2.00. The van der Waals surface area contributed by atoms with Gasteiger partial charge in [0.15, 0.2) is 17.2 Å². The molecule has 0 unspecified atom stereocenters. The molecule has 25 heavy (non-hydrogen) atoms. The molecule has 1 aliphatic heterocycles. The fraction of sp³-hybridized carbons (Fsp3) is 0.158. The van der Waals surface area contributed by atoms with Crippen molar-refractivity contribution in [2.45, 2.75) is 6.92 Å². The first kappa shape index (κ1) is 17.2. The monoisotopic (exact) mass is 401 g/mol. The molecular formula is C19H16BrNO4. The van der Waals surface area contributed by atoms with Crippen LogP contribution in [0.1, 0.15) is 16.7 Å². The highest BCUT2D eigenvalue weighted by Gasteiger charge is 2.24. The Morgan fingerprint density at radius 1 is 1.12 bits per heavy atom. The third-order valence-electron chi connectivity index (χ3n) is 3.68. The van der Waals surface area contributed by atoms with Gasteiger partial charge in [-0.05, 0) is 42.8 Å². The van der Waals surface area contributed by atoms with Crippen LogP contribution in [0.2, 0.25) is 0 Å². The van der Waals surface area contributed by atoms with Gasteiger partial charge >= 0.3 is 5.97 Å². The number of rotatable bonds is 4. The fourth-order valence-corrected chi connectivity index (χ4v) is 2.88. The van der Waals surface area contributed by atoms with Crippen LogP contribution in [0, 0.1) is 6.92 Å². The molecule has 2 aromatic rings. The first-order chi connectivity index (χ1) is 12.0. The molecule has 0 amide bonds. The smallest absolute Gasteiger partial charge is 0.363 e. The lowest BCUT2D eigenvalue weighted by molar-refractivity contribution is -0.129. The van der Waals surface area contributed by atoms with Gasteiger partial charge in [-0.15, -0.1) is 0 Å². The number of hydrogen-bond acceptors (Lipinski definition) is 5. The number of halogens is 1. The Bertz CT molecular complexity index is 902. The minimum absolute atomic E-state index is 0.226. The van der Waals surface area contributed by atoms with Crippen LogP contribution in [0.15, 0.2) is 51.6 Å². The largest absolute Gasteiger partial charge is 0.493 e. The molecule has 1 aliphatic rings. The Morgan fingerprint density at radius 2 is 1.84 bits per heavy atom. The van der Waals surface area contributed by atoms with Crippen LogP contribution < -0.4 is 9.47 Å². The first-order valence-electron chi connectivity index (χ1n) is 7.53. The second kappa shape index (κ2) is 7.11. The number of carbonyl (C=O) groups excluding carboxylic acids is 1. The number of ether oxygens (including phenoxy) is 3. The SMILES string of the molecule is COc1cc(Br)c(/C=C2\N=C(c3cccc(C)c3)OC2=O)cc1OC. The molecule has 0 aliphatic carbocycles. The Hall–Kier alpha value is -2.60. The molecule has 128 valence electrons. The molecule has 0 spiro atoms. The summed E-state index contributed by atoms with van der Waals surface area (Å²) in [5.74, 6) is 0.969. The highest BCUT2D eigenvalue weighted by molar-refractivity contribution is 9.10. The molecule has 0 saturated carbocycles. The van der Waals surface area contributed by atoms with E-state index >= 15 is 0 Å². The number of methoxy groups -OCH3 is 2. The van der Waals surface area contributed by atoms with Crippen molar-refractivity contribution in [3.63, 3.8) is 0 Å². The minimum Gasteiger partial charge on any atom is -0.493 e. The summed E-state index contributed by atoms with van der Waals surface area (Å²) in [5, 5.41) is 0. The van der Waals surface area contributed by atoms with E-state index in [1.165, 1.54) is 0 Å². The summed E-state index contributed by atoms with van der Waals surface area (Å²) < 4.78 is 16.6. The van der Waals surface area contributed by atoms with Crippen molar-refractivity contribution in [1.29, 1.82) is 0 Å². The van der Waals surface area contributed by atoms with Crippen molar-refractivity contribution >= 4 is 33.9 Å². The molecule has 0 atom stereocenters. The van der Waals surface area contributed by atoms with Gasteiger partial charge in [0.1, 0.15) is 0 Å². The predicted molar refractivity (Wildman–Crippen MR) is 99.0 cm³/mol. The van der Waals surface area contributed by atoms with Gasteiger partial charge < -0.3 is 14.2 Å². The Kier molecular flexibility index (Phi) is 4.90. The van der Waals surface area contributed by atoms with Gasteiger partial charge in [0, 0.05) is 10.0 Å². The lowest BCUT2D eigenvalue weighted by Crippen LogP contribution is -2.05. The molecule has 3 rings (SSSR count). The second-order valence-electron chi connectivity index (χ2n) is 5.43. The van der Waals surface area contributed by atoms with E-state index in [4.69, 9.17) is 14.2 Å². The molecule has 0 saturated heterocycles. The number of aliphatic imine (C=N–C) groups is 1. The van der Waals surface area contributed by atoms with Gasteiger partial charge in [-0.25, -0.2) is 9.79 Å². The fourth-order valence-electron chi connectivity index (χ4n) is 2.44. The van der Waals surface area contributed by atoms with Crippen molar-refractivity contribution in [2.24, 2.45) is 4.99 Å². The standard InChI is InChI=1S/C19H16BrNO4/c1-11-5-4-6-12(7-11)18-21-15(19(22)25-18)8-13-9-16(23-2)17(24-3)10-14(13)20/h4-10H,1-3H3/b15-8-. The maximum atomic E-state index is 12.2. The van der Waals surface area contributed by atoms with Gasteiger partial charge in [0.25, 0.3) is 0 Å². The molecule has 5 nitrogen and oxygen atoms in total. The van der Waals surface area contributed by atoms with Crippen LogP contribution in [0.5, 0.6) is 11.5 Å². The molecular weight excluding hydrogens is 386 g/mol. The average molecular weight is 402 g/mol. The zero-order valence-corrected chi connectivity index (χ0v) is 15.6. The molecule has 0 fully saturated rings. The van der Waals surface area contributed by atoms with Gasteiger partial charge in [-0.1, -0.05) is 33.6 Å². The molecule has 6 heteroatoms. The van der Waals surface area contributed by atoms with E-state index in [-0.39, 0.29) is 5.70 Å².